The van der Waals surface area contributed by atoms with E-state index < -0.39 is 5.82 Å². The number of aryl methyl sites for hydroxylation is 2. The molecule has 0 aliphatic heterocycles. The fourth-order valence-corrected chi connectivity index (χ4v) is 5.01. The Labute approximate surface area is 341 Å². The molecule has 4 N–H and O–H groups in total. The predicted octanol–water partition coefficient (Wildman–Crippen LogP) is 1.85. The number of benzene rings is 4. The molecule has 0 saturated heterocycles. The van der Waals surface area contributed by atoms with Gasteiger partial charge >= 0.3 is 0 Å². The van der Waals surface area contributed by atoms with Crippen LogP contribution in [-0.4, -0.2) is 101 Å². The maximum absolute atomic E-state index is 13.4. The number of aliphatic hydroxyl groups is 4. The van der Waals surface area contributed by atoms with Crippen molar-refractivity contribution in [2.24, 2.45) is 0 Å². The normalized spacial score (nSPS) is 10.3. The molecule has 4 aromatic carbocycles. The average Bonchev–Trinajstić information content (AvgIpc) is 4.10. The fraction of sp³-hybridized carbons (Fsp3) is 0.171. The van der Waals surface area contributed by atoms with E-state index in [4.69, 9.17) is 25.7 Å². The molecule has 296 valence electrons. The molecule has 0 unspecified atom stereocenters. The summed E-state index contributed by atoms with van der Waals surface area (Å²) in [6, 6.07) is 28.9. The van der Waals surface area contributed by atoms with E-state index in [0.717, 1.165) is 30.9 Å². The van der Waals surface area contributed by atoms with Gasteiger partial charge < -0.3 is 20.4 Å². The lowest BCUT2D eigenvalue weighted by molar-refractivity contribution is 0.271. The Morgan fingerprint density at radius 1 is 0.552 bits per heavy atom. The second-order valence-corrected chi connectivity index (χ2v) is 12.8. The second kappa shape index (κ2) is 20.9. The van der Waals surface area contributed by atoms with Crippen LogP contribution in [0.1, 0.15) is 40.0 Å². The van der Waals surface area contributed by atoms with Gasteiger partial charge in [0.15, 0.2) is 5.82 Å². The van der Waals surface area contributed by atoms with Gasteiger partial charge in [0.25, 0.3) is 0 Å². The Morgan fingerprint density at radius 3 is 1.45 bits per heavy atom. The van der Waals surface area contributed by atoms with Crippen LogP contribution in [0.25, 0.3) is 22.7 Å². The molecule has 58 heavy (non-hydrogen) atoms. The number of nitriles is 1. The first-order chi connectivity index (χ1) is 28.1. The molecule has 23 heteroatoms. The second-order valence-electron chi connectivity index (χ2n) is 11.5. The third kappa shape index (κ3) is 11.8. The van der Waals surface area contributed by atoms with Gasteiger partial charge in [-0.1, -0.05) is 30.3 Å². The van der Waals surface area contributed by atoms with E-state index in [1.165, 1.54) is 20.5 Å². The van der Waals surface area contributed by atoms with Crippen molar-refractivity contribution in [2.45, 2.75) is 40.3 Å². The van der Waals surface area contributed by atoms with Crippen LogP contribution in [0.4, 0.5) is 4.39 Å². The van der Waals surface area contributed by atoms with Gasteiger partial charge in [0.05, 0.1) is 28.7 Å². The SMILES string of the molecule is Cc1ccc(F)c(-n2nnc(CO)n2)c1.Cc1cccc(-n2nnc(CO)n2)c1.N#Cc1cccc(-n2nnc(CO)n2)c1.OCc1nnn(-c2cccc(I)c2)n1. The number of aromatic nitrogens is 16. The molecule has 0 aliphatic rings. The molecule has 21 nitrogen and oxygen atoms in total. The minimum Gasteiger partial charge on any atom is -0.388 e. The summed E-state index contributed by atoms with van der Waals surface area (Å²) in [7, 11) is 0. The first-order valence-electron chi connectivity index (χ1n) is 16.8. The van der Waals surface area contributed by atoms with E-state index in [1.54, 1.807) is 36.4 Å². The van der Waals surface area contributed by atoms with Crippen LogP contribution in [0, 0.1) is 34.6 Å². The van der Waals surface area contributed by atoms with E-state index in [2.05, 4.69) is 84.2 Å². The van der Waals surface area contributed by atoms with Crippen LogP contribution in [-0.2, 0) is 26.4 Å². The van der Waals surface area contributed by atoms with Gasteiger partial charge in [0, 0.05) is 3.57 Å². The van der Waals surface area contributed by atoms with Gasteiger partial charge in [-0.05, 0) is 129 Å². The van der Waals surface area contributed by atoms with Gasteiger partial charge in [0.1, 0.15) is 32.1 Å². The molecule has 0 atom stereocenters. The third-order valence-electron chi connectivity index (χ3n) is 7.18. The molecule has 4 heterocycles. The Bertz CT molecular complexity index is 2500. The molecule has 8 aromatic rings. The molecule has 0 aliphatic carbocycles. The van der Waals surface area contributed by atoms with Gasteiger partial charge in [-0.3, -0.25) is 0 Å². The summed E-state index contributed by atoms with van der Waals surface area (Å²) in [5, 5.41) is 89.0. The van der Waals surface area contributed by atoms with Crippen molar-refractivity contribution >= 4 is 22.6 Å². The van der Waals surface area contributed by atoms with Crippen molar-refractivity contribution in [3.05, 3.63) is 140 Å². The van der Waals surface area contributed by atoms with Gasteiger partial charge in [-0.15, -0.1) is 60.0 Å². The Kier molecular flexibility index (Phi) is 15.2. The number of nitrogens with zero attached hydrogens (tertiary/aromatic N) is 17. The molecular weight excluding hydrogens is 868 g/mol. The first kappa shape index (κ1) is 42.3. The molecule has 0 spiro atoms. The zero-order valence-corrected chi connectivity index (χ0v) is 32.8. The highest BCUT2D eigenvalue weighted by Gasteiger charge is 2.09. The van der Waals surface area contributed by atoms with Crippen LogP contribution in [0.3, 0.4) is 0 Å². The topological polar surface area (TPSA) is 279 Å². The number of hydrogen-bond donors (Lipinski definition) is 4. The van der Waals surface area contributed by atoms with Crippen molar-refractivity contribution in [2.75, 3.05) is 0 Å². The Hall–Kier alpha value is -6.85. The van der Waals surface area contributed by atoms with Crippen LogP contribution in [0.5, 0.6) is 0 Å². The molecule has 0 radical (unpaired) electrons. The predicted molar refractivity (Wildman–Crippen MR) is 207 cm³/mol. The average molecular weight is 902 g/mol. The monoisotopic (exact) mass is 901 g/mol. The molecule has 0 amide bonds. The van der Waals surface area contributed by atoms with Crippen molar-refractivity contribution < 1.29 is 24.8 Å². The van der Waals surface area contributed by atoms with Gasteiger partial charge in [-0.25, -0.2) is 4.39 Å². The van der Waals surface area contributed by atoms with Crippen molar-refractivity contribution in [1.29, 1.82) is 5.26 Å². The summed E-state index contributed by atoms with van der Waals surface area (Å²) < 4.78 is 14.5. The highest BCUT2D eigenvalue weighted by atomic mass is 127. The van der Waals surface area contributed by atoms with Crippen LogP contribution < -0.4 is 0 Å². The Balaban J connectivity index is 0.000000147. The largest absolute Gasteiger partial charge is 0.388 e. The molecule has 4 aromatic heterocycles. The van der Waals surface area contributed by atoms with E-state index in [9.17, 15) is 4.39 Å². The first-order valence-corrected chi connectivity index (χ1v) is 17.9. The fourth-order valence-electron chi connectivity index (χ4n) is 4.49. The quantitative estimate of drug-likeness (QED) is 0.158. The number of aliphatic hydroxyl groups excluding tert-OH is 4. The number of halogens is 2. The lowest BCUT2D eigenvalue weighted by Gasteiger charge is -2.01. The van der Waals surface area contributed by atoms with E-state index >= 15 is 0 Å². The zero-order chi connectivity index (χ0) is 41.4. The molecule has 0 fully saturated rings. The van der Waals surface area contributed by atoms with Crippen LogP contribution >= 0.6 is 22.6 Å². The van der Waals surface area contributed by atoms with Crippen LogP contribution in [0.2, 0.25) is 0 Å². The van der Waals surface area contributed by atoms with Crippen molar-refractivity contribution in [3.63, 3.8) is 0 Å². The van der Waals surface area contributed by atoms with Gasteiger partial charge in [-0.2, -0.15) is 5.26 Å². The highest BCUT2D eigenvalue weighted by Crippen LogP contribution is 2.13. The standard InChI is InChI=1S/C9H9FN4O.C9H7N5O.C9H10N4O.C8H7IN4O/c1-6-2-3-7(10)8(4-6)14-12-9(5-15)11-13-14;10-5-7-2-1-3-8(4-7)14-12-9(6-15)11-13-14;1-7-3-2-4-8(5-7)13-11-9(6-14)10-12-13;9-6-2-1-3-7(4-6)13-11-8(5-14)10-12-13/h2-4,15H,5H2,1H3;1-4,15H,6H2;2-5,14H,6H2,1H3;1-4,14H,5H2. The summed E-state index contributed by atoms with van der Waals surface area (Å²) in [5.74, 6) is 0.631. The number of tetrazole rings is 4. The zero-order valence-electron chi connectivity index (χ0n) is 30.6. The summed E-state index contributed by atoms with van der Waals surface area (Å²) >= 11 is 2.21. The van der Waals surface area contributed by atoms with Crippen LogP contribution in [0.15, 0.2) is 91.0 Å². The van der Waals surface area contributed by atoms with Gasteiger partial charge in [0.2, 0.25) is 23.3 Å². The van der Waals surface area contributed by atoms with E-state index in [-0.39, 0.29) is 43.8 Å². The molecule has 8 rings (SSSR count). The maximum atomic E-state index is 13.4. The molecular formula is C35H33FIN17O4. The number of hydrogen-bond acceptors (Lipinski definition) is 17. The van der Waals surface area contributed by atoms with Crippen molar-refractivity contribution in [3.8, 4) is 28.8 Å². The molecule has 0 bridgehead atoms. The smallest absolute Gasteiger partial charge is 0.200 e. The van der Waals surface area contributed by atoms with Crippen molar-refractivity contribution in [1.82, 2.24) is 80.8 Å². The lowest BCUT2D eigenvalue weighted by atomic mass is 10.2. The summed E-state index contributed by atoms with van der Waals surface area (Å²) in [6.07, 6.45) is 0. The summed E-state index contributed by atoms with van der Waals surface area (Å²) in [6.45, 7) is 2.89. The summed E-state index contributed by atoms with van der Waals surface area (Å²) in [5.41, 5.74) is 5.10. The summed E-state index contributed by atoms with van der Waals surface area (Å²) in [4.78, 5) is 5.13. The Morgan fingerprint density at radius 2 is 0.983 bits per heavy atom. The number of rotatable bonds is 8. The minimum atomic E-state index is -0.428. The molecule has 0 saturated carbocycles. The lowest BCUT2D eigenvalue weighted by Crippen LogP contribution is -2.02. The maximum Gasteiger partial charge on any atom is 0.200 e. The third-order valence-corrected chi connectivity index (χ3v) is 7.85. The minimum absolute atomic E-state index is 0.163. The highest BCUT2D eigenvalue weighted by molar-refractivity contribution is 14.1. The van der Waals surface area contributed by atoms with E-state index in [0.29, 0.717) is 22.9 Å². The van der Waals surface area contributed by atoms with E-state index in [1.807, 2.05) is 68.4 Å².